The summed E-state index contributed by atoms with van der Waals surface area (Å²) in [4.78, 5) is 0. The Labute approximate surface area is 257 Å². The molecule has 8 rings (SSSR count). The molecule has 0 fully saturated rings. The molecular formula is C42H30N2. The predicted molar refractivity (Wildman–Crippen MR) is 186 cm³/mol. The number of para-hydroxylation sites is 3. The van der Waals surface area contributed by atoms with Crippen LogP contribution in [0.5, 0.6) is 0 Å². The Bertz CT molecular complexity index is 2250. The van der Waals surface area contributed by atoms with Crippen LogP contribution >= 0.6 is 0 Å². The lowest BCUT2D eigenvalue weighted by atomic mass is 10.0. The van der Waals surface area contributed by atoms with Gasteiger partial charge in [-0.25, -0.2) is 0 Å². The molecule has 0 bridgehead atoms. The third-order valence-corrected chi connectivity index (χ3v) is 8.37. The fourth-order valence-electron chi connectivity index (χ4n) is 6.29. The van der Waals surface area contributed by atoms with Gasteiger partial charge in [0.1, 0.15) is 0 Å². The molecule has 6 aromatic carbocycles. The van der Waals surface area contributed by atoms with Gasteiger partial charge in [-0.3, -0.25) is 0 Å². The molecule has 0 amide bonds. The minimum atomic E-state index is 1.13. The molecule has 0 spiro atoms. The predicted octanol–water partition coefficient (Wildman–Crippen LogP) is 11.1. The zero-order valence-corrected chi connectivity index (χ0v) is 24.2. The van der Waals surface area contributed by atoms with Gasteiger partial charge in [-0.05, 0) is 71.3 Å². The first-order chi connectivity index (χ1) is 21.8. The summed E-state index contributed by atoms with van der Waals surface area (Å²) in [5, 5.41) is 2.43. The van der Waals surface area contributed by atoms with Crippen molar-refractivity contribution in [2.75, 3.05) is 0 Å². The molecule has 2 heterocycles. The van der Waals surface area contributed by atoms with Crippen LogP contribution < -0.4 is 0 Å². The van der Waals surface area contributed by atoms with E-state index in [2.05, 4.69) is 191 Å². The van der Waals surface area contributed by atoms with Crippen LogP contribution in [0.4, 0.5) is 0 Å². The first-order valence-corrected chi connectivity index (χ1v) is 15.0. The lowest BCUT2D eigenvalue weighted by Gasteiger charge is -2.15. The van der Waals surface area contributed by atoms with Crippen LogP contribution in [-0.4, -0.2) is 9.13 Å². The van der Waals surface area contributed by atoms with Gasteiger partial charge in [0, 0.05) is 33.4 Å². The van der Waals surface area contributed by atoms with Gasteiger partial charge in [0.05, 0.1) is 16.7 Å². The SMILES string of the molecule is C(=C/c1cc2ccccc2n1-c1ccccc1-c1ccccc1)/c1cc2ccccc2n1-c1ccc(-c2ccccc2)cc1. The second-order valence-electron chi connectivity index (χ2n) is 11.1. The van der Waals surface area contributed by atoms with Crippen molar-refractivity contribution >= 4 is 34.0 Å². The van der Waals surface area contributed by atoms with Crippen LogP contribution in [-0.2, 0) is 0 Å². The van der Waals surface area contributed by atoms with E-state index in [4.69, 9.17) is 0 Å². The normalized spacial score (nSPS) is 11.5. The van der Waals surface area contributed by atoms with Gasteiger partial charge in [0.25, 0.3) is 0 Å². The number of nitrogens with zero attached hydrogens (tertiary/aromatic N) is 2. The molecule has 0 N–H and O–H groups in total. The van der Waals surface area contributed by atoms with E-state index in [1.165, 1.54) is 44.1 Å². The van der Waals surface area contributed by atoms with Gasteiger partial charge in [0.15, 0.2) is 0 Å². The van der Waals surface area contributed by atoms with Gasteiger partial charge >= 0.3 is 0 Å². The highest BCUT2D eigenvalue weighted by atomic mass is 15.0. The minimum Gasteiger partial charge on any atom is -0.310 e. The molecule has 0 saturated carbocycles. The monoisotopic (exact) mass is 562 g/mol. The van der Waals surface area contributed by atoms with Crippen LogP contribution in [0.1, 0.15) is 11.4 Å². The zero-order valence-electron chi connectivity index (χ0n) is 24.2. The smallest absolute Gasteiger partial charge is 0.0540 e. The van der Waals surface area contributed by atoms with Crippen molar-refractivity contribution in [1.29, 1.82) is 0 Å². The molecule has 2 aromatic heterocycles. The Kier molecular flexibility index (Phi) is 6.51. The molecular weight excluding hydrogens is 532 g/mol. The van der Waals surface area contributed by atoms with Crippen LogP contribution in [0.15, 0.2) is 170 Å². The lowest BCUT2D eigenvalue weighted by Crippen LogP contribution is -1.99. The van der Waals surface area contributed by atoms with E-state index in [0.717, 1.165) is 22.8 Å². The molecule has 0 aliphatic heterocycles. The summed E-state index contributed by atoms with van der Waals surface area (Å²) in [5.41, 5.74) is 11.8. The molecule has 0 unspecified atom stereocenters. The van der Waals surface area contributed by atoms with E-state index in [9.17, 15) is 0 Å². The maximum Gasteiger partial charge on any atom is 0.0540 e. The summed E-state index contributed by atoms with van der Waals surface area (Å²) in [6, 6.07) is 60.5. The van der Waals surface area contributed by atoms with Crippen LogP contribution in [0.25, 0.3) is 67.6 Å². The number of hydrogen-bond donors (Lipinski definition) is 0. The van der Waals surface area contributed by atoms with Crippen LogP contribution in [0.3, 0.4) is 0 Å². The van der Waals surface area contributed by atoms with Crippen molar-refractivity contribution in [1.82, 2.24) is 9.13 Å². The first kappa shape index (κ1) is 25.8. The summed E-state index contributed by atoms with van der Waals surface area (Å²) in [5.74, 6) is 0. The molecule has 0 radical (unpaired) electrons. The number of aromatic nitrogens is 2. The van der Waals surface area contributed by atoms with E-state index in [-0.39, 0.29) is 0 Å². The van der Waals surface area contributed by atoms with Crippen LogP contribution in [0.2, 0.25) is 0 Å². The average Bonchev–Trinajstić information content (AvgIpc) is 3.66. The molecule has 2 heteroatoms. The molecule has 208 valence electrons. The summed E-state index contributed by atoms with van der Waals surface area (Å²) in [6.07, 6.45) is 4.51. The molecule has 44 heavy (non-hydrogen) atoms. The molecule has 0 aliphatic carbocycles. The van der Waals surface area contributed by atoms with Gasteiger partial charge < -0.3 is 9.13 Å². The van der Waals surface area contributed by atoms with Gasteiger partial charge in [0.2, 0.25) is 0 Å². The van der Waals surface area contributed by atoms with Crippen molar-refractivity contribution in [3.05, 3.63) is 181 Å². The van der Waals surface area contributed by atoms with Crippen molar-refractivity contribution in [3.8, 4) is 33.6 Å². The maximum atomic E-state index is 2.38. The Balaban J connectivity index is 1.27. The van der Waals surface area contributed by atoms with E-state index >= 15 is 0 Å². The molecule has 0 saturated heterocycles. The minimum absolute atomic E-state index is 1.13. The summed E-state index contributed by atoms with van der Waals surface area (Å²) in [7, 11) is 0. The van der Waals surface area contributed by atoms with Crippen molar-refractivity contribution in [2.45, 2.75) is 0 Å². The second kappa shape index (κ2) is 11.1. The number of fused-ring (bicyclic) bond motifs is 2. The van der Waals surface area contributed by atoms with Crippen molar-refractivity contribution in [2.24, 2.45) is 0 Å². The Morgan fingerprint density at radius 3 is 1.50 bits per heavy atom. The van der Waals surface area contributed by atoms with Crippen molar-refractivity contribution < 1.29 is 0 Å². The molecule has 2 nitrogen and oxygen atoms in total. The molecule has 0 atom stereocenters. The zero-order chi connectivity index (χ0) is 29.3. The number of benzene rings is 6. The molecule has 0 aliphatic rings. The third kappa shape index (κ3) is 4.63. The number of rotatable bonds is 6. The topological polar surface area (TPSA) is 9.86 Å². The quantitative estimate of drug-likeness (QED) is 0.191. The highest BCUT2D eigenvalue weighted by molar-refractivity contribution is 5.91. The maximum absolute atomic E-state index is 2.38. The van der Waals surface area contributed by atoms with E-state index in [1.807, 2.05) is 0 Å². The standard InChI is InChI=1S/C42H30N2/c1-3-13-31(14-4-1)32-23-25-36(26-24-32)43-37(29-34-17-7-10-20-40(34)43)27-28-38-30-35-18-8-11-21-41(35)44(38)42-22-12-9-19-39(42)33-15-5-2-6-16-33/h1-30H/b28-27-. The van der Waals surface area contributed by atoms with Crippen molar-refractivity contribution in [3.63, 3.8) is 0 Å². The summed E-state index contributed by atoms with van der Waals surface area (Å²) in [6.45, 7) is 0. The highest BCUT2D eigenvalue weighted by Gasteiger charge is 2.14. The Hall–Kier alpha value is -5.86. The largest absolute Gasteiger partial charge is 0.310 e. The van der Waals surface area contributed by atoms with E-state index in [1.54, 1.807) is 0 Å². The van der Waals surface area contributed by atoms with Gasteiger partial charge in [-0.15, -0.1) is 0 Å². The van der Waals surface area contributed by atoms with Crippen LogP contribution in [0, 0.1) is 0 Å². The highest BCUT2D eigenvalue weighted by Crippen LogP contribution is 2.33. The number of hydrogen-bond acceptors (Lipinski definition) is 0. The molecule has 8 aromatic rings. The fraction of sp³-hybridized carbons (Fsp3) is 0. The van der Waals surface area contributed by atoms with E-state index < -0.39 is 0 Å². The van der Waals surface area contributed by atoms with Gasteiger partial charge in [-0.2, -0.15) is 0 Å². The first-order valence-electron chi connectivity index (χ1n) is 15.0. The Morgan fingerprint density at radius 2 is 0.841 bits per heavy atom. The summed E-state index contributed by atoms with van der Waals surface area (Å²) >= 11 is 0. The van der Waals surface area contributed by atoms with Gasteiger partial charge in [-0.1, -0.05) is 127 Å². The summed E-state index contributed by atoms with van der Waals surface area (Å²) < 4.78 is 4.74. The third-order valence-electron chi connectivity index (χ3n) is 8.37. The second-order valence-corrected chi connectivity index (χ2v) is 11.1. The lowest BCUT2D eigenvalue weighted by molar-refractivity contribution is 1.10. The average molecular weight is 563 g/mol. The Morgan fingerprint density at radius 1 is 0.364 bits per heavy atom. The fourth-order valence-corrected chi connectivity index (χ4v) is 6.29. The van der Waals surface area contributed by atoms with E-state index in [0.29, 0.717) is 0 Å².